The summed E-state index contributed by atoms with van der Waals surface area (Å²) in [5.74, 6) is -4.94. The van der Waals surface area contributed by atoms with Crippen LogP contribution in [-0.4, -0.2) is 323 Å². The average molecular weight is 2100 g/mol. The molecule has 12 amide bonds. The molecule has 0 radical (unpaired) electrons. The van der Waals surface area contributed by atoms with Gasteiger partial charge in [-0.05, 0) is 125 Å². The number of hydrogen-bond donors (Lipinski definition) is 10. The lowest BCUT2D eigenvalue weighted by atomic mass is 9.99. The normalized spacial score (nSPS) is 17.4. The minimum absolute atomic E-state index is 0.00443. The molecule has 0 aromatic heterocycles. The van der Waals surface area contributed by atoms with E-state index in [1.807, 2.05) is 68.4 Å². The maximum atomic E-state index is 14.5. The molecule has 5 aliphatic rings. The van der Waals surface area contributed by atoms with Crippen molar-refractivity contribution in [3.05, 3.63) is 179 Å². The van der Waals surface area contributed by atoms with Gasteiger partial charge in [-0.15, -0.1) is 0 Å². The number of nitrogens with one attached hydrogen (secondary N) is 7. The lowest BCUT2D eigenvalue weighted by molar-refractivity contribution is -0.139. The molecule has 43 heteroatoms. The Morgan fingerprint density at radius 3 is 1.31 bits per heavy atom. The Bertz CT molecular complexity index is 5360. The van der Waals surface area contributed by atoms with Crippen LogP contribution in [0.2, 0.25) is 0 Å². The van der Waals surface area contributed by atoms with Crippen LogP contribution in [0.4, 0.5) is 32.3 Å². The number of amides is 12. The molecule has 43 nitrogen and oxygen atoms in total. The number of rotatable bonds is 63. The molecule has 5 aliphatic heterocycles. The summed E-state index contributed by atoms with van der Waals surface area (Å²) in [6.07, 6.45) is -1.01. The van der Waals surface area contributed by atoms with E-state index in [1.54, 1.807) is 99.6 Å². The fraction of sp³-hybridized carbons (Fsp3) is 0.533. The number of anilines is 4. The van der Waals surface area contributed by atoms with Crippen molar-refractivity contribution >= 4 is 94.0 Å². The van der Waals surface area contributed by atoms with E-state index in [2.05, 4.69) is 37.2 Å². The van der Waals surface area contributed by atoms with Crippen molar-refractivity contribution in [3.63, 3.8) is 0 Å². The first-order chi connectivity index (χ1) is 72.4. The number of nitrogens with zero attached hydrogens (tertiary/aromatic N) is 5. The molecule has 820 valence electrons. The first-order valence-corrected chi connectivity index (χ1v) is 50.7. The van der Waals surface area contributed by atoms with Gasteiger partial charge in [-0.25, -0.2) is 19.4 Å². The lowest BCUT2D eigenvalue weighted by Crippen LogP contribution is -2.53. The van der Waals surface area contributed by atoms with Crippen LogP contribution in [0.3, 0.4) is 0 Å². The minimum atomic E-state index is -1.60. The van der Waals surface area contributed by atoms with Gasteiger partial charge in [-0.3, -0.25) is 52.8 Å². The van der Waals surface area contributed by atoms with E-state index < -0.39 is 108 Å². The van der Waals surface area contributed by atoms with Crippen LogP contribution in [0.25, 0.3) is 0 Å². The molecule has 10 N–H and O–H groups in total. The highest BCUT2D eigenvalue weighted by molar-refractivity contribution is 6.08. The molecule has 10 atom stereocenters. The maximum absolute atomic E-state index is 14.5. The molecule has 2 unspecified atom stereocenters. The number of fused-ring (bicyclic) bond motifs is 4. The van der Waals surface area contributed by atoms with Crippen molar-refractivity contribution in [1.29, 1.82) is 0 Å². The Balaban J connectivity index is 0.579. The SMILES string of the molecule is COCCOCCC(=O)N[C@H](C(=O)N[C@@H](C)C(=O)Nc1ccc(COC(=O)N2c3cc(OCCCCCOc4cc5c(cc4OC)C(=O)N4C=C(C)C[C@H]4[C@H](O)N5C(=O)OCc4ccc(NC(=O)[C@H](C)NC(=O)[C@@H](NC(=O)CCOCCOCCOCCOCCOCCOCCOCCOCCNC(=O)CCN5C(=O)CC(c6ccccccccc6)C5=O)C(C)C)cc4)c(OC)cc3C(O)N3C=C(C)C[C@H]3[C@@H]2O)cc1)C(C)C. The second-order valence-corrected chi connectivity index (χ2v) is 36.9. The first kappa shape index (κ1) is 119. The zero-order valence-electron chi connectivity index (χ0n) is 87.3. The van der Waals surface area contributed by atoms with Gasteiger partial charge in [0.2, 0.25) is 53.2 Å². The Labute approximate surface area is 874 Å². The summed E-state index contributed by atoms with van der Waals surface area (Å²) in [5, 5.41) is 55.4. The Morgan fingerprint density at radius 1 is 0.420 bits per heavy atom. The molecule has 1 saturated heterocycles. The number of carbonyl (C=O) groups is 12. The predicted molar refractivity (Wildman–Crippen MR) is 549 cm³/mol. The molecule has 5 heterocycles. The lowest BCUT2D eigenvalue weighted by Gasteiger charge is -2.33. The largest absolute Gasteiger partial charge is 0.493 e. The van der Waals surface area contributed by atoms with Crippen LogP contribution < -0.4 is 66.0 Å². The number of hydrogen-bond acceptors (Lipinski definition) is 32. The number of benzene rings is 4. The number of methoxy groups -OCH3 is 3. The van der Waals surface area contributed by atoms with Gasteiger partial charge in [0, 0.05) is 87.4 Å². The summed E-state index contributed by atoms with van der Waals surface area (Å²) in [4.78, 5) is 167. The molecule has 0 spiro atoms. The summed E-state index contributed by atoms with van der Waals surface area (Å²) >= 11 is 0. The summed E-state index contributed by atoms with van der Waals surface area (Å²) in [6.45, 7) is 19.6. The fourth-order valence-electron chi connectivity index (χ4n) is 16.7. The van der Waals surface area contributed by atoms with Crippen LogP contribution in [-0.2, 0) is 113 Å². The molecular formula is C107H146N12O31. The Kier molecular flexibility index (Phi) is 49.6. The number of imide groups is 1. The van der Waals surface area contributed by atoms with Gasteiger partial charge in [-0.2, -0.15) is 0 Å². The predicted octanol–water partition coefficient (Wildman–Crippen LogP) is 8.29. The van der Waals surface area contributed by atoms with Gasteiger partial charge >= 0.3 is 12.2 Å². The monoisotopic (exact) mass is 2100 g/mol. The Hall–Kier alpha value is -13.0. The maximum Gasteiger partial charge on any atom is 0.416 e. The van der Waals surface area contributed by atoms with Crippen molar-refractivity contribution in [3.8, 4) is 23.0 Å². The van der Waals surface area contributed by atoms with E-state index in [1.165, 1.54) is 58.3 Å². The third-order valence-electron chi connectivity index (χ3n) is 24.8. The number of aliphatic hydroxyl groups is 3. The van der Waals surface area contributed by atoms with Gasteiger partial charge < -0.3 is 138 Å². The van der Waals surface area contributed by atoms with Crippen LogP contribution >= 0.6 is 0 Å². The van der Waals surface area contributed by atoms with E-state index in [9.17, 15) is 72.9 Å². The highest BCUT2D eigenvalue weighted by Gasteiger charge is 2.48. The van der Waals surface area contributed by atoms with Crippen molar-refractivity contribution in [1.82, 2.24) is 41.3 Å². The van der Waals surface area contributed by atoms with Crippen LogP contribution in [0.1, 0.15) is 158 Å². The average Bonchev–Trinajstić information content (AvgIpc) is 1.60. The Morgan fingerprint density at radius 2 is 0.840 bits per heavy atom. The smallest absolute Gasteiger partial charge is 0.416 e. The summed E-state index contributed by atoms with van der Waals surface area (Å²) in [6, 6.07) is 29.8. The number of likely N-dealkylation sites (tertiary alicyclic amines) is 1. The van der Waals surface area contributed by atoms with Crippen molar-refractivity contribution in [2.45, 2.75) is 187 Å². The summed E-state index contributed by atoms with van der Waals surface area (Å²) in [7, 11) is 4.37. The van der Waals surface area contributed by atoms with E-state index in [0.717, 1.165) is 31.4 Å². The van der Waals surface area contributed by atoms with Crippen molar-refractivity contribution in [2.75, 3.05) is 194 Å². The molecule has 5 aromatic carbocycles. The van der Waals surface area contributed by atoms with E-state index in [0.29, 0.717) is 141 Å². The highest BCUT2D eigenvalue weighted by atomic mass is 16.6. The third-order valence-corrected chi connectivity index (χ3v) is 24.8. The van der Waals surface area contributed by atoms with Crippen LogP contribution in [0.15, 0.2) is 151 Å². The number of aliphatic hydroxyl groups excluding tert-OH is 3. The third kappa shape index (κ3) is 36.7. The molecular weight excluding hydrogens is 1950 g/mol. The number of carbonyl (C=O) groups excluding carboxylic acids is 12. The summed E-state index contributed by atoms with van der Waals surface area (Å²) < 4.78 is 90.7. The summed E-state index contributed by atoms with van der Waals surface area (Å²) in [5.41, 5.74) is 4.41. The molecule has 10 rings (SSSR count). The van der Waals surface area contributed by atoms with Gasteiger partial charge in [0.25, 0.3) is 5.91 Å². The first-order valence-electron chi connectivity index (χ1n) is 50.7. The number of ether oxygens (including phenoxy) is 16. The zero-order valence-corrected chi connectivity index (χ0v) is 87.3. The minimum Gasteiger partial charge on any atom is -0.493 e. The highest BCUT2D eigenvalue weighted by Crippen LogP contribution is 2.47. The molecule has 0 saturated carbocycles. The van der Waals surface area contributed by atoms with Crippen molar-refractivity contribution < 1.29 is 149 Å². The molecule has 1 fully saturated rings. The van der Waals surface area contributed by atoms with Crippen LogP contribution in [0.5, 0.6) is 23.0 Å². The number of unbranched alkanes of at least 4 members (excludes halogenated alkanes) is 2. The molecule has 0 bridgehead atoms. The van der Waals surface area contributed by atoms with Gasteiger partial charge in [-0.1, -0.05) is 118 Å². The molecule has 0 aliphatic carbocycles. The van der Waals surface area contributed by atoms with Gasteiger partial charge in [0.1, 0.15) is 37.4 Å². The molecule has 5 aromatic rings. The standard InChI is InChI=1S/C107H146N12O31/c1-69(2)95(113-92(121)33-39-138-43-42-135-9)99(126)109-73(7)97(124)111-78-28-24-75(25-29-78)67-149-106(133)118-83-63-89(87(136-10)60-81(83)102(129)116-65-71(5)58-85(116)104(118)131)147-37-20-17-21-38-148-90-64-84-82(61-88(90)137-11)103(130)117-66-72(6)59-86(117)105(132)119(84)107(134)150-68-76-26-30-79(31-27-76)112-98(125)74(8)110-100(127)96(70(3)4)114-93(122)34-40-139-44-46-141-48-50-143-52-54-145-56-57-146-55-53-144-51-49-142-47-45-140-41-35-108-91(120)32-36-115-94(123)62-80(101(115)128)77-22-18-15-13-12-14-16-19-23-77/h12-16,18-19,22-31,60-61,63-66,69-70,73-74,80,85-86,95-96,102,104-105,129,131-132H,17,20-21,32-59,62,67-68H2,1-11H3,(H,108,120)(H,109,126)(H,110,127)(H,111,124)(H,112,125)(H,113,121)(H,114,122)/t73-,74-,80?,85-,86-,95-,96-,102?,104-,105-/m0/s1. The van der Waals surface area contributed by atoms with E-state index in [4.69, 9.17) is 75.8 Å². The zero-order chi connectivity index (χ0) is 108. The fourth-order valence-corrected chi connectivity index (χ4v) is 16.7. The second-order valence-electron chi connectivity index (χ2n) is 36.9. The van der Waals surface area contributed by atoms with E-state index >= 15 is 0 Å². The second kappa shape index (κ2) is 62.6. The van der Waals surface area contributed by atoms with Crippen LogP contribution in [0, 0.1) is 11.8 Å². The van der Waals surface area contributed by atoms with Gasteiger partial charge in [0.15, 0.2) is 41.7 Å². The van der Waals surface area contributed by atoms with E-state index in [-0.39, 0.29) is 186 Å². The van der Waals surface area contributed by atoms with Gasteiger partial charge in [0.05, 0.1) is 188 Å². The molecule has 150 heavy (non-hydrogen) atoms. The van der Waals surface area contributed by atoms with Crippen molar-refractivity contribution in [2.24, 2.45) is 11.8 Å². The quantitative estimate of drug-likeness (QED) is 0.0129. The topological polar surface area (TPSA) is 514 Å².